The van der Waals surface area contributed by atoms with E-state index in [0.29, 0.717) is 24.6 Å². The van der Waals surface area contributed by atoms with E-state index in [2.05, 4.69) is 21.4 Å². The number of carbonyl (C=O) groups excluding carboxylic acids is 2. The summed E-state index contributed by atoms with van der Waals surface area (Å²) in [4.78, 5) is 25.1. The molecule has 2 bridgehead atoms. The maximum atomic E-state index is 13.5. The maximum Gasteiger partial charge on any atom is 0.258 e. The van der Waals surface area contributed by atoms with E-state index in [9.17, 15) is 14.0 Å². The smallest absolute Gasteiger partial charge is 0.258 e. The van der Waals surface area contributed by atoms with E-state index >= 15 is 0 Å². The molecule has 6 rings (SSSR count). The predicted molar refractivity (Wildman–Crippen MR) is 121 cm³/mol. The Bertz CT molecular complexity index is 1050. The van der Waals surface area contributed by atoms with Crippen LogP contribution < -0.4 is 31.1 Å². The highest BCUT2D eigenvalue weighted by Gasteiger charge is 2.57. The van der Waals surface area contributed by atoms with Crippen molar-refractivity contribution in [1.82, 2.24) is 21.4 Å². The lowest BCUT2D eigenvalue weighted by Gasteiger charge is -2.39. The van der Waals surface area contributed by atoms with Crippen molar-refractivity contribution in [2.24, 2.45) is 5.92 Å². The molecular weight excluding hydrogens is 449 g/mol. The summed E-state index contributed by atoms with van der Waals surface area (Å²) in [5.41, 5.74) is 4.48. The molecule has 8 nitrogen and oxygen atoms in total. The number of benzene rings is 2. The highest BCUT2D eigenvalue weighted by Crippen LogP contribution is 2.52. The van der Waals surface area contributed by atoms with Crippen molar-refractivity contribution in [2.75, 3.05) is 25.0 Å². The highest BCUT2D eigenvalue weighted by molar-refractivity contribution is 6.30. The minimum absolute atomic E-state index is 0.00193. The van der Waals surface area contributed by atoms with E-state index in [0.717, 1.165) is 31.3 Å². The number of anilines is 1. The molecule has 33 heavy (non-hydrogen) atoms. The van der Waals surface area contributed by atoms with Gasteiger partial charge in [-0.15, -0.1) is 0 Å². The third kappa shape index (κ3) is 4.62. The average Bonchev–Trinajstić information content (AvgIpc) is 3.50. The van der Waals surface area contributed by atoms with Crippen molar-refractivity contribution in [3.63, 3.8) is 0 Å². The Morgan fingerprint density at radius 1 is 1.18 bits per heavy atom. The molecule has 0 radical (unpaired) electrons. The Hall–Kier alpha value is -2.88. The largest absolute Gasteiger partial charge is 0.484 e. The van der Waals surface area contributed by atoms with Gasteiger partial charge in [0.05, 0.1) is 24.0 Å². The van der Waals surface area contributed by atoms with E-state index in [1.54, 1.807) is 0 Å². The van der Waals surface area contributed by atoms with Gasteiger partial charge in [-0.1, -0.05) is 11.6 Å². The van der Waals surface area contributed by atoms with Crippen molar-refractivity contribution < 1.29 is 18.7 Å². The summed E-state index contributed by atoms with van der Waals surface area (Å²) in [6, 6.07) is 11.5. The number of nitrogens with one attached hydrogen (secondary N) is 4. The van der Waals surface area contributed by atoms with Crippen LogP contribution in [0.25, 0.3) is 0 Å². The van der Waals surface area contributed by atoms with Gasteiger partial charge >= 0.3 is 0 Å². The zero-order valence-corrected chi connectivity index (χ0v) is 18.6. The molecule has 1 atom stereocenters. The van der Waals surface area contributed by atoms with E-state index in [1.165, 1.54) is 12.1 Å². The van der Waals surface area contributed by atoms with Gasteiger partial charge in [-0.05, 0) is 61.6 Å². The van der Waals surface area contributed by atoms with E-state index in [-0.39, 0.29) is 40.8 Å². The second-order valence-electron chi connectivity index (χ2n) is 8.86. The fourth-order valence-corrected chi connectivity index (χ4v) is 5.07. The van der Waals surface area contributed by atoms with Gasteiger partial charge < -0.3 is 15.4 Å². The van der Waals surface area contributed by atoms with Gasteiger partial charge in [0.1, 0.15) is 11.6 Å². The normalized spacial score (nSPS) is 25.5. The second kappa shape index (κ2) is 8.81. The van der Waals surface area contributed by atoms with Crippen LogP contribution in [0.2, 0.25) is 5.02 Å². The van der Waals surface area contributed by atoms with Gasteiger partial charge in [0.2, 0.25) is 0 Å². The first-order valence-corrected chi connectivity index (χ1v) is 11.3. The van der Waals surface area contributed by atoms with Crippen molar-refractivity contribution in [3.8, 4) is 5.75 Å². The lowest BCUT2D eigenvalue weighted by molar-refractivity contribution is -0.125. The summed E-state index contributed by atoms with van der Waals surface area (Å²) in [6.45, 7) is 1.22. The molecule has 2 amide bonds. The van der Waals surface area contributed by atoms with Crippen molar-refractivity contribution in [1.29, 1.82) is 0 Å². The van der Waals surface area contributed by atoms with E-state index < -0.39 is 5.82 Å². The molecule has 10 heteroatoms. The number of amides is 2. The van der Waals surface area contributed by atoms with Gasteiger partial charge in [0.25, 0.3) is 11.8 Å². The summed E-state index contributed by atoms with van der Waals surface area (Å²) in [6.07, 6.45) is 2.34. The summed E-state index contributed by atoms with van der Waals surface area (Å²) in [5, 5.41) is 11.3. The van der Waals surface area contributed by atoms with E-state index in [4.69, 9.17) is 16.3 Å². The molecule has 3 aliphatic carbocycles. The first kappa shape index (κ1) is 21.9. The second-order valence-corrected chi connectivity index (χ2v) is 9.27. The van der Waals surface area contributed by atoms with E-state index in [1.807, 2.05) is 29.3 Å². The average molecular weight is 474 g/mol. The molecule has 0 aromatic heterocycles. The van der Waals surface area contributed by atoms with Crippen LogP contribution in [-0.2, 0) is 4.79 Å². The molecule has 0 spiro atoms. The summed E-state index contributed by atoms with van der Waals surface area (Å²) in [7, 11) is 0. The molecule has 1 heterocycles. The molecular formula is C23H25ClFN5O3. The van der Waals surface area contributed by atoms with Crippen LogP contribution >= 0.6 is 11.6 Å². The number of hydrazine groups is 1. The Morgan fingerprint density at radius 2 is 1.97 bits per heavy atom. The van der Waals surface area contributed by atoms with Gasteiger partial charge in [-0.2, -0.15) is 0 Å². The number of nitrogens with zero attached hydrogens (tertiary/aromatic N) is 1. The predicted octanol–water partition coefficient (Wildman–Crippen LogP) is 2.15. The molecule has 174 valence electrons. The minimum atomic E-state index is -0.594. The Balaban J connectivity index is 1.11. The number of hydrogen-bond acceptors (Lipinski definition) is 6. The minimum Gasteiger partial charge on any atom is -0.484 e. The monoisotopic (exact) mass is 473 g/mol. The standard InChI is InChI=1S/C23H25ClFN5O3/c24-18-6-5-17(7-19(18)25)33-11-21(31)29-23-8-15(9-23)20(10-23)28-22(32)14-1-3-16(4-2-14)30-13-26-12-27-30/h1-7,15,20,26-27H,8-13H2,(H,28,32)(H,29,31). The Kier molecular flexibility index (Phi) is 5.86. The molecule has 2 aromatic carbocycles. The highest BCUT2D eigenvalue weighted by atomic mass is 35.5. The Morgan fingerprint density at radius 3 is 2.67 bits per heavy atom. The fraction of sp³-hybridized carbons (Fsp3) is 0.391. The lowest BCUT2D eigenvalue weighted by atomic mass is 9.76. The van der Waals surface area contributed by atoms with Crippen LogP contribution in [-0.4, -0.2) is 43.3 Å². The third-order valence-electron chi connectivity index (χ3n) is 6.57. The van der Waals surface area contributed by atoms with Gasteiger partial charge in [0.15, 0.2) is 6.61 Å². The zero-order chi connectivity index (χ0) is 23.0. The molecule has 1 saturated heterocycles. The quantitative estimate of drug-likeness (QED) is 0.492. The molecule has 1 aliphatic heterocycles. The summed E-state index contributed by atoms with van der Waals surface area (Å²) < 4.78 is 18.9. The molecule has 3 saturated carbocycles. The molecule has 1 unspecified atom stereocenters. The first-order valence-electron chi connectivity index (χ1n) is 10.9. The molecule has 2 aromatic rings. The zero-order valence-electron chi connectivity index (χ0n) is 17.9. The number of halogens is 2. The SMILES string of the molecule is O=C(COc1ccc(Cl)c(F)c1)NC12CC(C1)C(NC(=O)c1ccc(N3CNCN3)cc1)C2. The van der Waals surface area contributed by atoms with Crippen molar-refractivity contribution >= 4 is 29.1 Å². The van der Waals surface area contributed by atoms with Crippen molar-refractivity contribution in [3.05, 3.63) is 58.9 Å². The van der Waals surface area contributed by atoms with Gasteiger partial charge in [-0.25, -0.2) is 9.82 Å². The molecule has 4 N–H and O–H groups in total. The van der Waals surface area contributed by atoms with Crippen LogP contribution in [0.3, 0.4) is 0 Å². The maximum absolute atomic E-state index is 13.5. The van der Waals surface area contributed by atoms with Crippen LogP contribution in [0, 0.1) is 11.7 Å². The van der Waals surface area contributed by atoms with Gasteiger partial charge in [0, 0.05) is 23.2 Å². The van der Waals surface area contributed by atoms with Crippen LogP contribution in [0.4, 0.5) is 10.1 Å². The number of hydrogen-bond donors (Lipinski definition) is 4. The van der Waals surface area contributed by atoms with Gasteiger partial charge in [-0.3, -0.25) is 19.9 Å². The third-order valence-corrected chi connectivity index (χ3v) is 6.88. The lowest BCUT2D eigenvalue weighted by Crippen LogP contribution is -2.53. The summed E-state index contributed by atoms with van der Waals surface area (Å²) >= 11 is 5.66. The number of ether oxygens (including phenoxy) is 1. The molecule has 4 fully saturated rings. The Labute approximate surface area is 195 Å². The molecule has 4 aliphatic rings. The fourth-order valence-electron chi connectivity index (χ4n) is 4.95. The first-order chi connectivity index (χ1) is 15.9. The van der Waals surface area contributed by atoms with Crippen LogP contribution in [0.5, 0.6) is 5.75 Å². The summed E-state index contributed by atoms with van der Waals surface area (Å²) in [5.74, 6) is -0.378. The topological polar surface area (TPSA) is 94.7 Å². The van der Waals surface area contributed by atoms with Crippen LogP contribution in [0.1, 0.15) is 29.6 Å². The number of carbonyl (C=O) groups is 2. The van der Waals surface area contributed by atoms with Crippen LogP contribution in [0.15, 0.2) is 42.5 Å². The number of rotatable bonds is 7. The van der Waals surface area contributed by atoms with Crippen molar-refractivity contribution in [2.45, 2.75) is 30.8 Å². The number of fused-ring (bicyclic) bond motifs is 1.